The summed E-state index contributed by atoms with van der Waals surface area (Å²) in [5.74, 6) is 0.350. The first-order valence-corrected chi connectivity index (χ1v) is 6.96. The first-order chi connectivity index (χ1) is 7.15. The monoisotopic (exact) mass is 243 g/mol. The third-order valence-corrected chi connectivity index (χ3v) is 5.04. The van der Waals surface area contributed by atoms with Crippen LogP contribution in [0.1, 0.15) is 12.8 Å². The van der Waals surface area contributed by atoms with Gasteiger partial charge in [-0.15, -0.1) is 11.3 Å². The molecule has 0 saturated heterocycles. The Hall–Kier alpha value is -1.08. The number of nitrogens with one attached hydrogen (secondary N) is 2. The number of sulfonamides is 1. The molecule has 1 aromatic rings. The van der Waals surface area contributed by atoms with Gasteiger partial charge in [-0.1, -0.05) is 0 Å². The van der Waals surface area contributed by atoms with Crippen LogP contribution in [0.4, 0.5) is 5.69 Å². The van der Waals surface area contributed by atoms with E-state index in [4.69, 9.17) is 0 Å². The SMILES string of the molecule is O=S1(=O)NC(=NC2CC2)Nc2ccsc21. The van der Waals surface area contributed by atoms with E-state index in [9.17, 15) is 8.42 Å². The van der Waals surface area contributed by atoms with Crippen molar-refractivity contribution in [3.05, 3.63) is 11.4 Å². The van der Waals surface area contributed by atoms with Crippen LogP contribution in [0.15, 0.2) is 20.6 Å². The van der Waals surface area contributed by atoms with Gasteiger partial charge in [-0.05, 0) is 24.3 Å². The molecule has 80 valence electrons. The summed E-state index contributed by atoms with van der Waals surface area (Å²) in [4.78, 5) is 4.24. The summed E-state index contributed by atoms with van der Waals surface area (Å²) in [6.07, 6.45) is 2.09. The summed E-state index contributed by atoms with van der Waals surface area (Å²) in [5.41, 5.74) is 0.623. The lowest BCUT2D eigenvalue weighted by atomic mass is 10.5. The summed E-state index contributed by atoms with van der Waals surface area (Å²) in [6, 6.07) is 2.04. The molecule has 2 N–H and O–H groups in total. The van der Waals surface area contributed by atoms with Crippen LogP contribution in [0.5, 0.6) is 0 Å². The molecule has 0 unspecified atom stereocenters. The van der Waals surface area contributed by atoms with Crippen molar-refractivity contribution in [2.45, 2.75) is 23.1 Å². The van der Waals surface area contributed by atoms with Crippen molar-refractivity contribution >= 4 is 33.0 Å². The third-order valence-electron chi connectivity index (χ3n) is 2.22. The van der Waals surface area contributed by atoms with Crippen LogP contribution >= 0.6 is 11.3 Å². The first kappa shape index (κ1) is 9.17. The molecule has 1 aromatic heterocycles. The zero-order valence-corrected chi connectivity index (χ0v) is 9.36. The van der Waals surface area contributed by atoms with Crippen LogP contribution in [0.2, 0.25) is 0 Å². The maximum atomic E-state index is 11.7. The van der Waals surface area contributed by atoms with E-state index in [1.165, 1.54) is 11.3 Å². The van der Waals surface area contributed by atoms with Gasteiger partial charge in [0.2, 0.25) is 5.96 Å². The molecule has 15 heavy (non-hydrogen) atoms. The summed E-state index contributed by atoms with van der Waals surface area (Å²) in [5, 5.41) is 4.72. The van der Waals surface area contributed by atoms with Crippen LogP contribution in [0.3, 0.4) is 0 Å². The fraction of sp³-hybridized carbons (Fsp3) is 0.375. The molecule has 0 bridgehead atoms. The molecule has 7 heteroatoms. The molecule has 0 spiro atoms. The second-order valence-corrected chi connectivity index (χ2v) is 6.35. The molecule has 2 heterocycles. The highest BCUT2D eigenvalue weighted by molar-refractivity contribution is 7.92. The Kier molecular flexibility index (Phi) is 1.81. The van der Waals surface area contributed by atoms with Crippen molar-refractivity contribution in [2.75, 3.05) is 5.32 Å². The number of anilines is 1. The average Bonchev–Trinajstić information content (AvgIpc) is 2.80. The molecule has 0 radical (unpaired) electrons. The van der Waals surface area contributed by atoms with E-state index >= 15 is 0 Å². The Morgan fingerprint density at radius 2 is 2.27 bits per heavy atom. The summed E-state index contributed by atoms with van der Waals surface area (Å²) >= 11 is 1.20. The quantitative estimate of drug-likeness (QED) is 0.772. The van der Waals surface area contributed by atoms with Crippen LogP contribution in [-0.4, -0.2) is 20.4 Å². The standard InChI is InChI=1S/C8H9N3O2S2/c12-15(13)7-6(3-4-14-7)10-8(11-15)9-5-1-2-5/h3-5H,1-2H2,(H2,9,10,11). The first-order valence-electron chi connectivity index (χ1n) is 4.60. The van der Waals surface area contributed by atoms with Gasteiger partial charge in [-0.2, -0.15) is 0 Å². The van der Waals surface area contributed by atoms with E-state index in [0.29, 0.717) is 15.9 Å². The average molecular weight is 243 g/mol. The van der Waals surface area contributed by atoms with E-state index in [2.05, 4.69) is 15.0 Å². The Morgan fingerprint density at radius 3 is 3.00 bits per heavy atom. The Morgan fingerprint density at radius 1 is 1.47 bits per heavy atom. The Labute approximate surface area is 91.3 Å². The molecule has 1 aliphatic heterocycles. The molecule has 0 atom stereocenters. The van der Waals surface area contributed by atoms with Gasteiger partial charge in [-0.3, -0.25) is 0 Å². The number of nitrogens with zero attached hydrogens (tertiary/aromatic N) is 1. The molecular weight excluding hydrogens is 234 g/mol. The molecule has 0 amide bonds. The number of aliphatic imine (C=N–C) groups is 1. The maximum Gasteiger partial charge on any atom is 0.275 e. The van der Waals surface area contributed by atoms with Gasteiger partial charge >= 0.3 is 0 Å². The molecule has 5 nitrogen and oxygen atoms in total. The van der Waals surface area contributed by atoms with Crippen LogP contribution < -0.4 is 10.0 Å². The van der Waals surface area contributed by atoms with Crippen LogP contribution in [0, 0.1) is 0 Å². The number of hydrogen-bond acceptors (Lipinski definition) is 4. The van der Waals surface area contributed by atoms with E-state index in [0.717, 1.165) is 12.8 Å². The summed E-state index contributed by atoms with van der Waals surface area (Å²) in [7, 11) is -3.39. The van der Waals surface area contributed by atoms with Gasteiger partial charge in [0.1, 0.15) is 0 Å². The van der Waals surface area contributed by atoms with Crippen molar-refractivity contribution in [1.29, 1.82) is 0 Å². The van der Waals surface area contributed by atoms with Crippen LogP contribution in [0.25, 0.3) is 0 Å². The fourth-order valence-electron chi connectivity index (χ4n) is 1.37. The zero-order chi connectivity index (χ0) is 10.5. The lowest BCUT2D eigenvalue weighted by Gasteiger charge is -2.18. The van der Waals surface area contributed by atoms with Gasteiger partial charge in [0, 0.05) is 0 Å². The molecule has 3 rings (SSSR count). The lowest BCUT2D eigenvalue weighted by molar-refractivity contribution is 0.594. The van der Waals surface area contributed by atoms with Crippen molar-refractivity contribution in [2.24, 2.45) is 4.99 Å². The maximum absolute atomic E-state index is 11.7. The van der Waals surface area contributed by atoms with Gasteiger partial charge in [-0.25, -0.2) is 18.1 Å². The molecule has 1 saturated carbocycles. The van der Waals surface area contributed by atoms with Crippen molar-refractivity contribution in [1.82, 2.24) is 4.72 Å². The van der Waals surface area contributed by atoms with Crippen molar-refractivity contribution < 1.29 is 8.42 Å². The topological polar surface area (TPSA) is 70.6 Å². The highest BCUT2D eigenvalue weighted by Gasteiger charge is 2.29. The highest BCUT2D eigenvalue weighted by atomic mass is 32.2. The van der Waals surface area contributed by atoms with Gasteiger partial charge in [0.15, 0.2) is 4.21 Å². The minimum atomic E-state index is -3.39. The number of guanidine groups is 1. The summed E-state index contributed by atoms with van der Waals surface area (Å²) < 4.78 is 26.2. The van der Waals surface area contributed by atoms with E-state index in [-0.39, 0.29) is 6.04 Å². The number of hydrogen-bond donors (Lipinski definition) is 2. The molecule has 1 aliphatic carbocycles. The Bertz CT molecular complexity index is 528. The van der Waals surface area contributed by atoms with Gasteiger partial charge in [0.05, 0.1) is 11.7 Å². The predicted molar refractivity (Wildman–Crippen MR) is 58.7 cm³/mol. The number of thiophene rings is 1. The fourth-order valence-corrected chi connectivity index (χ4v) is 3.60. The second-order valence-electron chi connectivity index (χ2n) is 3.56. The second kappa shape index (κ2) is 2.96. The van der Waals surface area contributed by atoms with Crippen molar-refractivity contribution in [3.8, 4) is 0 Å². The minimum Gasteiger partial charge on any atom is -0.324 e. The van der Waals surface area contributed by atoms with E-state index in [1.54, 1.807) is 11.4 Å². The molecular formula is C8H9N3O2S2. The Balaban J connectivity index is 2.03. The predicted octanol–water partition coefficient (Wildman–Crippen LogP) is 0.970. The zero-order valence-electron chi connectivity index (χ0n) is 7.73. The third kappa shape index (κ3) is 1.61. The minimum absolute atomic E-state index is 0.287. The normalized spacial score (nSPS) is 25.5. The van der Waals surface area contributed by atoms with Crippen LogP contribution in [-0.2, 0) is 10.0 Å². The van der Waals surface area contributed by atoms with Gasteiger partial charge in [0.25, 0.3) is 10.0 Å². The highest BCUT2D eigenvalue weighted by Crippen LogP contribution is 2.31. The molecule has 2 aliphatic rings. The number of fused-ring (bicyclic) bond motifs is 1. The van der Waals surface area contributed by atoms with Gasteiger partial charge < -0.3 is 5.32 Å². The lowest BCUT2D eigenvalue weighted by Crippen LogP contribution is -2.40. The van der Waals surface area contributed by atoms with E-state index in [1.807, 2.05) is 0 Å². The van der Waals surface area contributed by atoms with Crippen molar-refractivity contribution in [3.63, 3.8) is 0 Å². The smallest absolute Gasteiger partial charge is 0.275 e. The van der Waals surface area contributed by atoms with E-state index < -0.39 is 10.0 Å². The largest absolute Gasteiger partial charge is 0.324 e. The molecule has 1 fully saturated rings. The molecule has 0 aromatic carbocycles. The summed E-state index contributed by atoms with van der Waals surface area (Å²) in [6.45, 7) is 0. The number of rotatable bonds is 1.